The minimum absolute atomic E-state index is 0.0381. The average Bonchev–Trinajstić information content (AvgIpc) is 2.38. The Morgan fingerprint density at radius 2 is 2.26 bits per heavy atom. The van der Waals surface area contributed by atoms with Crippen molar-refractivity contribution in [3.8, 4) is 0 Å². The molecule has 0 saturated heterocycles. The molecule has 0 aliphatic heterocycles. The molecule has 0 spiro atoms. The molecule has 1 aromatic carbocycles. The highest BCUT2D eigenvalue weighted by atomic mass is 35.5. The second-order valence-corrected chi connectivity index (χ2v) is 3.69. The van der Waals surface area contributed by atoms with Gasteiger partial charge in [0.05, 0.1) is 23.0 Å². The standard InChI is InChI=1S/C11H12ClN3O4/c1-2-19-11(16)7-3-4-8(14-10(13)6-12)9(5-7)15(17)18/h3-5H,2,6H2,1H3,(H2,13,14). The number of rotatable bonds is 5. The number of nitrogens with two attached hydrogens (primary N) is 1. The molecule has 2 N–H and O–H groups in total. The number of hydrogen-bond donors (Lipinski definition) is 1. The van der Waals surface area contributed by atoms with E-state index in [2.05, 4.69) is 4.99 Å². The smallest absolute Gasteiger partial charge is 0.338 e. The van der Waals surface area contributed by atoms with Crippen LogP contribution in [0.15, 0.2) is 23.2 Å². The minimum Gasteiger partial charge on any atom is -0.462 e. The lowest BCUT2D eigenvalue weighted by Crippen LogP contribution is -2.12. The first kappa shape index (κ1) is 14.9. The van der Waals surface area contributed by atoms with Crippen molar-refractivity contribution in [2.24, 2.45) is 10.7 Å². The van der Waals surface area contributed by atoms with Gasteiger partial charge >= 0.3 is 5.97 Å². The van der Waals surface area contributed by atoms with Crippen LogP contribution >= 0.6 is 11.6 Å². The summed E-state index contributed by atoms with van der Waals surface area (Å²) in [5.74, 6) is -0.628. The topological polar surface area (TPSA) is 108 Å². The Hall–Kier alpha value is -2.15. The highest BCUT2D eigenvalue weighted by Gasteiger charge is 2.18. The number of amidine groups is 1. The molecule has 19 heavy (non-hydrogen) atoms. The molecule has 0 saturated carbocycles. The van der Waals surface area contributed by atoms with Crippen LogP contribution in [-0.4, -0.2) is 29.2 Å². The number of halogens is 1. The Balaban J connectivity index is 3.22. The summed E-state index contributed by atoms with van der Waals surface area (Å²) in [7, 11) is 0. The van der Waals surface area contributed by atoms with Crippen molar-refractivity contribution in [3.05, 3.63) is 33.9 Å². The molecular weight excluding hydrogens is 274 g/mol. The van der Waals surface area contributed by atoms with Crippen molar-refractivity contribution in [1.29, 1.82) is 0 Å². The van der Waals surface area contributed by atoms with Crippen LogP contribution < -0.4 is 5.73 Å². The Kier molecular flexibility index (Phi) is 5.25. The van der Waals surface area contributed by atoms with Crippen molar-refractivity contribution < 1.29 is 14.5 Å². The van der Waals surface area contributed by atoms with Crippen LogP contribution in [0.5, 0.6) is 0 Å². The minimum atomic E-state index is -0.650. The van der Waals surface area contributed by atoms with Crippen LogP contribution in [0.1, 0.15) is 17.3 Å². The molecule has 0 heterocycles. The highest BCUT2D eigenvalue weighted by Crippen LogP contribution is 2.28. The molecule has 0 atom stereocenters. The molecular formula is C11H12ClN3O4. The maximum Gasteiger partial charge on any atom is 0.338 e. The fourth-order valence-electron chi connectivity index (χ4n) is 1.29. The van der Waals surface area contributed by atoms with Gasteiger partial charge in [0.2, 0.25) is 0 Å². The molecule has 8 heteroatoms. The first-order valence-corrected chi connectivity index (χ1v) is 5.87. The Bertz CT molecular complexity index is 531. The van der Waals surface area contributed by atoms with Gasteiger partial charge in [-0.3, -0.25) is 10.1 Å². The largest absolute Gasteiger partial charge is 0.462 e. The number of hydrogen-bond acceptors (Lipinski definition) is 5. The predicted octanol–water partition coefficient (Wildman–Crippen LogP) is 2.00. The van der Waals surface area contributed by atoms with E-state index >= 15 is 0 Å². The number of nitrogens with zero attached hydrogens (tertiary/aromatic N) is 2. The Morgan fingerprint density at radius 3 is 2.79 bits per heavy atom. The highest BCUT2D eigenvalue weighted by molar-refractivity contribution is 6.28. The third kappa shape index (κ3) is 3.92. The number of aliphatic imine (C=N–C) groups is 1. The van der Waals surface area contributed by atoms with E-state index in [1.54, 1.807) is 6.92 Å². The molecule has 0 bridgehead atoms. The summed E-state index contributed by atoms with van der Waals surface area (Å²) >= 11 is 5.46. The molecule has 0 aliphatic rings. The van der Waals surface area contributed by atoms with Gasteiger partial charge in [0.15, 0.2) is 0 Å². The molecule has 0 radical (unpaired) electrons. The number of alkyl halides is 1. The summed E-state index contributed by atoms with van der Waals surface area (Å²) in [5.41, 5.74) is 5.21. The maximum absolute atomic E-state index is 11.5. The Morgan fingerprint density at radius 1 is 1.58 bits per heavy atom. The summed E-state index contributed by atoms with van der Waals surface area (Å²) in [6, 6.07) is 3.80. The van der Waals surface area contributed by atoms with Crippen LogP contribution in [0, 0.1) is 10.1 Å². The van der Waals surface area contributed by atoms with Gasteiger partial charge in [-0.15, -0.1) is 11.6 Å². The first-order valence-electron chi connectivity index (χ1n) is 5.34. The molecule has 0 unspecified atom stereocenters. The SMILES string of the molecule is CCOC(=O)c1ccc(N=C(N)CCl)c([N+](=O)[O-])c1. The van der Waals surface area contributed by atoms with Crippen molar-refractivity contribution in [2.75, 3.05) is 12.5 Å². The zero-order valence-corrected chi connectivity index (χ0v) is 10.9. The van der Waals surface area contributed by atoms with Gasteiger partial charge in [-0.25, -0.2) is 9.79 Å². The maximum atomic E-state index is 11.5. The van der Waals surface area contributed by atoms with E-state index in [9.17, 15) is 14.9 Å². The molecule has 0 amide bonds. The normalized spacial score (nSPS) is 11.2. The molecule has 1 rings (SSSR count). The molecule has 0 fully saturated rings. The lowest BCUT2D eigenvalue weighted by molar-refractivity contribution is -0.384. The summed E-state index contributed by atoms with van der Waals surface area (Å²) < 4.78 is 4.76. The van der Waals surface area contributed by atoms with Crippen LogP contribution in [-0.2, 0) is 4.74 Å². The van der Waals surface area contributed by atoms with Gasteiger partial charge in [0.1, 0.15) is 11.5 Å². The van der Waals surface area contributed by atoms with Crippen LogP contribution in [0.25, 0.3) is 0 Å². The van der Waals surface area contributed by atoms with E-state index in [4.69, 9.17) is 22.1 Å². The third-order valence-corrected chi connectivity index (χ3v) is 2.36. The van der Waals surface area contributed by atoms with Crippen LogP contribution in [0.4, 0.5) is 11.4 Å². The number of carbonyl (C=O) groups excluding carboxylic acids is 1. The number of esters is 1. The molecule has 0 aromatic heterocycles. The van der Waals surface area contributed by atoms with Crippen LogP contribution in [0.3, 0.4) is 0 Å². The van der Waals surface area contributed by atoms with Gasteiger partial charge in [-0.05, 0) is 19.1 Å². The van der Waals surface area contributed by atoms with E-state index in [0.717, 1.165) is 6.07 Å². The zero-order chi connectivity index (χ0) is 14.4. The predicted molar refractivity (Wildman–Crippen MR) is 71.1 cm³/mol. The quantitative estimate of drug-likeness (QED) is 0.222. The van der Waals surface area contributed by atoms with Crippen molar-refractivity contribution >= 4 is 34.8 Å². The second-order valence-electron chi connectivity index (χ2n) is 3.42. The van der Waals surface area contributed by atoms with E-state index in [-0.39, 0.29) is 35.3 Å². The number of nitro groups is 1. The lowest BCUT2D eigenvalue weighted by Gasteiger charge is -2.03. The first-order chi connectivity index (χ1) is 8.99. The fraction of sp³-hybridized carbons (Fsp3) is 0.273. The number of benzene rings is 1. The van der Waals surface area contributed by atoms with Crippen molar-refractivity contribution in [2.45, 2.75) is 6.92 Å². The lowest BCUT2D eigenvalue weighted by atomic mass is 10.2. The van der Waals surface area contributed by atoms with Crippen LogP contribution in [0.2, 0.25) is 0 Å². The van der Waals surface area contributed by atoms with Gasteiger partial charge in [-0.2, -0.15) is 0 Å². The summed E-state index contributed by atoms with van der Waals surface area (Å²) in [4.78, 5) is 25.6. The fourth-order valence-corrected chi connectivity index (χ4v) is 1.35. The summed E-state index contributed by atoms with van der Waals surface area (Å²) in [6.07, 6.45) is 0. The van der Waals surface area contributed by atoms with Crippen molar-refractivity contribution in [1.82, 2.24) is 0 Å². The van der Waals surface area contributed by atoms with Gasteiger partial charge in [0, 0.05) is 6.07 Å². The van der Waals surface area contributed by atoms with Gasteiger partial charge in [-0.1, -0.05) is 0 Å². The third-order valence-electron chi connectivity index (χ3n) is 2.08. The molecule has 1 aromatic rings. The van der Waals surface area contributed by atoms with E-state index in [1.807, 2.05) is 0 Å². The molecule has 7 nitrogen and oxygen atoms in total. The zero-order valence-electron chi connectivity index (χ0n) is 10.1. The van der Waals surface area contributed by atoms with E-state index in [0.29, 0.717) is 0 Å². The average molecular weight is 286 g/mol. The Labute approximate surface area is 114 Å². The number of ether oxygens (including phenoxy) is 1. The number of nitro benzene ring substituents is 1. The van der Waals surface area contributed by atoms with Gasteiger partial charge < -0.3 is 10.5 Å². The second kappa shape index (κ2) is 6.69. The summed E-state index contributed by atoms with van der Waals surface area (Å²) in [5, 5.41) is 10.9. The monoisotopic (exact) mass is 285 g/mol. The number of carbonyl (C=O) groups is 1. The van der Waals surface area contributed by atoms with E-state index in [1.165, 1.54) is 12.1 Å². The summed E-state index contributed by atoms with van der Waals surface area (Å²) in [6.45, 7) is 1.83. The van der Waals surface area contributed by atoms with Gasteiger partial charge in [0.25, 0.3) is 5.69 Å². The molecule has 0 aliphatic carbocycles. The van der Waals surface area contributed by atoms with E-state index < -0.39 is 10.9 Å². The van der Waals surface area contributed by atoms with Crippen molar-refractivity contribution in [3.63, 3.8) is 0 Å². The molecule has 102 valence electrons.